The molecule has 0 fully saturated rings. The number of rotatable bonds is 5. The number of benzene rings is 3. The summed E-state index contributed by atoms with van der Waals surface area (Å²) in [5.74, 6) is -0.236. The zero-order valence-electron chi connectivity index (χ0n) is 19.4. The van der Waals surface area contributed by atoms with Gasteiger partial charge in [0.2, 0.25) is 0 Å². The van der Waals surface area contributed by atoms with Crippen molar-refractivity contribution in [2.75, 3.05) is 5.32 Å². The van der Waals surface area contributed by atoms with Crippen LogP contribution in [0.15, 0.2) is 85.2 Å². The largest absolute Gasteiger partial charge is 0.382 e. The monoisotopic (exact) mass is 461 g/mol. The third kappa shape index (κ3) is 3.83. The number of pyridine rings is 1. The van der Waals surface area contributed by atoms with Gasteiger partial charge < -0.3 is 10.3 Å². The number of fused-ring (bicyclic) bond motifs is 2. The predicted octanol–water partition coefficient (Wildman–Crippen LogP) is 7.40. The van der Waals surface area contributed by atoms with Gasteiger partial charge in [-0.15, -0.1) is 0 Å². The molecule has 0 aliphatic rings. The first kappa shape index (κ1) is 21.1. The number of anilines is 1. The van der Waals surface area contributed by atoms with E-state index in [9.17, 15) is 4.39 Å². The van der Waals surface area contributed by atoms with Crippen LogP contribution in [0.5, 0.6) is 0 Å². The highest BCUT2D eigenvalue weighted by atomic mass is 19.1. The number of nitrogens with one attached hydrogen (secondary N) is 3. The lowest BCUT2D eigenvalue weighted by Gasteiger charge is -2.11. The van der Waals surface area contributed by atoms with Gasteiger partial charge in [0.15, 0.2) is 0 Å². The Morgan fingerprint density at radius 1 is 0.800 bits per heavy atom. The van der Waals surface area contributed by atoms with Crippen LogP contribution in [0.3, 0.4) is 0 Å². The Kier molecular flexibility index (Phi) is 5.07. The molecule has 0 radical (unpaired) electrons. The molecule has 3 aromatic heterocycles. The van der Waals surface area contributed by atoms with E-state index in [4.69, 9.17) is 0 Å². The van der Waals surface area contributed by atoms with Crippen LogP contribution in [0.2, 0.25) is 0 Å². The summed E-state index contributed by atoms with van der Waals surface area (Å²) in [6.07, 6.45) is 3.71. The molecule has 0 unspecified atom stereocenters. The van der Waals surface area contributed by atoms with Crippen molar-refractivity contribution in [3.8, 4) is 33.6 Å². The summed E-state index contributed by atoms with van der Waals surface area (Å²) in [4.78, 5) is 7.90. The summed E-state index contributed by atoms with van der Waals surface area (Å²) in [6, 6.07) is 23.5. The van der Waals surface area contributed by atoms with Gasteiger partial charge in [-0.3, -0.25) is 10.1 Å². The Balaban J connectivity index is 1.46. The minimum Gasteiger partial charge on any atom is -0.382 e. The van der Waals surface area contributed by atoms with Crippen molar-refractivity contribution in [1.29, 1.82) is 0 Å². The minimum absolute atomic E-state index is 0.236. The molecule has 0 aliphatic heterocycles. The quantitative estimate of drug-likeness (QED) is 0.250. The highest BCUT2D eigenvalue weighted by molar-refractivity contribution is 6.02. The third-order valence-corrected chi connectivity index (χ3v) is 6.17. The number of halogens is 1. The van der Waals surface area contributed by atoms with Crippen molar-refractivity contribution in [2.24, 2.45) is 0 Å². The fraction of sp³-hybridized carbons (Fsp3) is 0.103. The van der Waals surface area contributed by atoms with Gasteiger partial charge in [-0.05, 0) is 61.4 Å². The van der Waals surface area contributed by atoms with Gasteiger partial charge >= 0.3 is 0 Å². The van der Waals surface area contributed by atoms with Crippen LogP contribution in [-0.2, 0) is 0 Å². The Hall–Kier alpha value is -4.45. The lowest BCUT2D eigenvalue weighted by atomic mass is 10.0. The molecular weight excluding hydrogens is 437 g/mol. The van der Waals surface area contributed by atoms with Gasteiger partial charge in [0, 0.05) is 45.9 Å². The topological polar surface area (TPSA) is 69.4 Å². The van der Waals surface area contributed by atoms with Gasteiger partial charge in [-0.1, -0.05) is 36.4 Å². The Morgan fingerprint density at radius 2 is 1.66 bits per heavy atom. The van der Waals surface area contributed by atoms with E-state index in [0.717, 1.165) is 55.6 Å². The molecule has 0 saturated carbocycles. The average molecular weight is 462 g/mol. The van der Waals surface area contributed by atoms with E-state index < -0.39 is 0 Å². The molecule has 0 bridgehead atoms. The molecule has 35 heavy (non-hydrogen) atoms. The number of nitrogens with zero attached hydrogens (tertiary/aromatic N) is 2. The maximum Gasteiger partial charge on any atom is 0.131 e. The second-order valence-electron chi connectivity index (χ2n) is 9.02. The van der Waals surface area contributed by atoms with Crippen LogP contribution < -0.4 is 5.32 Å². The van der Waals surface area contributed by atoms with Crippen LogP contribution in [0.4, 0.5) is 10.1 Å². The molecule has 0 aliphatic carbocycles. The van der Waals surface area contributed by atoms with Gasteiger partial charge in [-0.2, -0.15) is 5.10 Å². The third-order valence-electron chi connectivity index (χ3n) is 6.17. The number of hydrogen-bond donors (Lipinski definition) is 3. The second-order valence-corrected chi connectivity index (χ2v) is 9.02. The van der Waals surface area contributed by atoms with Gasteiger partial charge in [0.05, 0.1) is 16.9 Å². The zero-order chi connectivity index (χ0) is 23.9. The fourth-order valence-electron chi connectivity index (χ4n) is 4.61. The van der Waals surface area contributed by atoms with Crippen molar-refractivity contribution in [3.05, 3.63) is 91.0 Å². The first-order valence-corrected chi connectivity index (χ1v) is 11.6. The minimum atomic E-state index is -0.236. The molecule has 6 heteroatoms. The summed E-state index contributed by atoms with van der Waals surface area (Å²) in [7, 11) is 0. The van der Waals surface area contributed by atoms with Crippen LogP contribution in [0.25, 0.3) is 55.4 Å². The van der Waals surface area contributed by atoms with Gasteiger partial charge in [0.25, 0.3) is 0 Å². The molecule has 3 aromatic carbocycles. The van der Waals surface area contributed by atoms with Crippen molar-refractivity contribution in [2.45, 2.75) is 19.9 Å². The van der Waals surface area contributed by atoms with Crippen LogP contribution in [-0.4, -0.2) is 26.2 Å². The maximum absolute atomic E-state index is 14.6. The van der Waals surface area contributed by atoms with Crippen molar-refractivity contribution >= 4 is 27.5 Å². The molecule has 6 aromatic rings. The lowest BCUT2D eigenvalue weighted by Crippen LogP contribution is -2.09. The summed E-state index contributed by atoms with van der Waals surface area (Å²) < 4.78 is 14.6. The first-order valence-electron chi connectivity index (χ1n) is 11.6. The number of aromatic amines is 2. The highest BCUT2D eigenvalue weighted by Gasteiger charge is 2.15. The van der Waals surface area contributed by atoms with E-state index in [0.29, 0.717) is 11.6 Å². The standard InChI is InChI=1S/C29H24FN5/c1-17(2)32-20-12-19(15-31-16-20)18-10-11-27-24(13-18)29(35-34-27)28-14-23-21(7-5-9-26(23)33-28)22-6-3-4-8-25(22)30/h3-17,32-33H,1-2H3,(H,34,35). The molecule has 3 N–H and O–H groups in total. The van der Waals surface area contributed by atoms with Crippen molar-refractivity contribution in [1.82, 2.24) is 20.2 Å². The fourth-order valence-corrected chi connectivity index (χ4v) is 4.61. The maximum atomic E-state index is 14.6. The average Bonchev–Trinajstić information content (AvgIpc) is 3.47. The van der Waals surface area contributed by atoms with Gasteiger partial charge in [-0.25, -0.2) is 4.39 Å². The Bertz CT molecular complexity index is 1680. The summed E-state index contributed by atoms with van der Waals surface area (Å²) in [5, 5.41) is 13.1. The van der Waals surface area contributed by atoms with Crippen LogP contribution in [0, 0.1) is 5.82 Å². The summed E-state index contributed by atoms with van der Waals surface area (Å²) >= 11 is 0. The smallest absolute Gasteiger partial charge is 0.131 e. The molecule has 6 rings (SSSR count). The first-order chi connectivity index (χ1) is 17.1. The van der Waals surface area contributed by atoms with E-state index >= 15 is 0 Å². The predicted molar refractivity (Wildman–Crippen MR) is 141 cm³/mol. The highest BCUT2D eigenvalue weighted by Crippen LogP contribution is 2.36. The Labute approximate surface area is 202 Å². The normalized spacial score (nSPS) is 11.5. The van der Waals surface area contributed by atoms with E-state index in [1.54, 1.807) is 6.07 Å². The summed E-state index contributed by atoms with van der Waals surface area (Å²) in [6.45, 7) is 4.21. The van der Waals surface area contributed by atoms with Gasteiger partial charge in [0.1, 0.15) is 11.5 Å². The Morgan fingerprint density at radius 3 is 2.51 bits per heavy atom. The van der Waals surface area contributed by atoms with Crippen molar-refractivity contribution < 1.29 is 4.39 Å². The molecular formula is C29H24FN5. The van der Waals surface area contributed by atoms with E-state index in [1.807, 2.05) is 54.9 Å². The number of hydrogen-bond acceptors (Lipinski definition) is 3. The molecule has 0 atom stereocenters. The van der Waals surface area contributed by atoms with Crippen LogP contribution in [0.1, 0.15) is 13.8 Å². The number of H-pyrrole nitrogens is 2. The second kappa shape index (κ2) is 8.40. The van der Waals surface area contributed by atoms with E-state index in [1.165, 1.54) is 6.07 Å². The molecule has 0 saturated heterocycles. The molecule has 5 nitrogen and oxygen atoms in total. The van der Waals surface area contributed by atoms with Crippen LogP contribution >= 0.6 is 0 Å². The molecule has 172 valence electrons. The zero-order valence-corrected chi connectivity index (χ0v) is 19.4. The van der Waals surface area contributed by atoms with E-state index in [-0.39, 0.29) is 5.82 Å². The number of aromatic nitrogens is 4. The lowest BCUT2D eigenvalue weighted by molar-refractivity contribution is 0.631. The molecule has 3 heterocycles. The van der Waals surface area contributed by atoms with Crippen molar-refractivity contribution in [3.63, 3.8) is 0 Å². The van der Waals surface area contributed by atoms with E-state index in [2.05, 4.69) is 57.5 Å². The summed E-state index contributed by atoms with van der Waals surface area (Å²) in [5.41, 5.74) is 8.09. The molecule has 0 amide bonds. The molecule has 0 spiro atoms. The SMILES string of the molecule is CC(C)Nc1cncc(-c2ccc3[nH]nc(-c4cc5c(-c6ccccc6F)cccc5[nH]4)c3c2)c1.